The molecule has 0 N–H and O–H groups in total. The van der Waals surface area contributed by atoms with Crippen molar-refractivity contribution in [3.63, 3.8) is 0 Å². The number of carbonyl (C=O) groups excluding carboxylic acids is 1. The van der Waals surface area contributed by atoms with E-state index in [0.717, 1.165) is 13.1 Å². The van der Waals surface area contributed by atoms with Crippen molar-refractivity contribution in [3.8, 4) is 0 Å². The molecule has 21 heavy (non-hydrogen) atoms. The molecule has 0 unspecified atom stereocenters. The highest BCUT2D eigenvalue weighted by Gasteiger charge is 2.24. The van der Waals surface area contributed by atoms with Crippen LogP contribution in [0.2, 0.25) is 5.02 Å². The number of nitro benzene ring substituents is 1. The van der Waals surface area contributed by atoms with E-state index in [1.165, 1.54) is 18.2 Å². The largest absolute Gasteiger partial charge is 0.336 e. The van der Waals surface area contributed by atoms with Crippen molar-refractivity contribution in [1.82, 2.24) is 9.80 Å². The van der Waals surface area contributed by atoms with Crippen LogP contribution in [0.25, 0.3) is 0 Å². The third-order valence-electron chi connectivity index (χ3n) is 3.72. The highest BCUT2D eigenvalue weighted by Crippen LogP contribution is 2.25. The summed E-state index contributed by atoms with van der Waals surface area (Å²) in [6.07, 6.45) is 0. The molecule has 1 heterocycles. The van der Waals surface area contributed by atoms with Crippen molar-refractivity contribution in [2.75, 3.05) is 26.2 Å². The zero-order chi connectivity index (χ0) is 15.6. The maximum atomic E-state index is 12.4. The molecule has 7 heteroatoms. The Hall–Kier alpha value is -1.66. The molecule has 1 aliphatic heterocycles. The fraction of sp³-hybridized carbons (Fsp3) is 0.500. The van der Waals surface area contributed by atoms with E-state index in [4.69, 9.17) is 11.6 Å². The molecule has 6 nitrogen and oxygen atoms in total. The molecule has 1 amide bonds. The summed E-state index contributed by atoms with van der Waals surface area (Å²) in [7, 11) is 0. The SMILES string of the molecule is CC(C)N1CCN(C(=O)c2ccc([N+](=O)[O-])c(Cl)c2)CC1. The van der Waals surface area contributed by atoms with Crippen LogP contribution in [0.3, 0.4) is 0 Å². The maximum absolute atomic E-state index is 12.4. The van der Waals surface area contributed by atoms with Crippen LogP contribution < -0.4 is 0 Å². The van der Waals surface area contributed by atoms with E-state index in [9.17, 15) is 14.9 Å². The number of benzene rings is 1. The highest BCUT2D eigenvalue weighted by molar-refractivity contribution is 6.33. The summed E-state index contributed by atoms with van der Waals surface area (Å²) in [5, 5.41) is 10.7. The summed E-state index contributed by atoms with van der Waals surface area (Å²) in [6, 6.07) is 4.58. The number of nitro groups is 1. The number of carbonyl (C=O) groups is 1. The van der Waals surface area contributed by atoms with Crippen molar-refractivity contribution in [2.24, 2.45) is 0 Å². The normalized spacial score (nSPS) is 16.3. The van der Waals surface area contributed by atoms with Gasteiger partial charge in [0.15, 0.2) is 0 Å². The summed E-state index contributed by atoms with van der Waals surface area (Å²) in [5.74, 6) is -0.129. The lowest BCUT2D eigenvalue weighted by atomic mass is 10.1. The topological polar surface area (TPSA) is 66.7 Å². The maximum Gasteiger partial charge on any atom is 0.287 e. The first kappa shape index (κ1) is 15.7. The molecule has 1 saturated heterocycles. The summed E-state index contributed by atoms with van der Waals surface area (Å²) in [6.45, 7) is 7.26. The molecule has 1 aromatic rings. The van der Waals surface area contributed by atoms with Crippen LogP contribution >= 0.6 is 11.6 Å². The fourth-order valence-electron chi connectivity index (χ4n) is 2.41. The van der Waals surface area contributed by atoms with E-state index in [2.05, 4.69) is 18.7 Å². The predicted octanol–water partition coefficient (Wildman–Crippen LogP) is 2.41. The van der Waals surface area contributed by atoms with E-state index in [1.54, 1.807) is 4.90 Å². The summed E-state index contributed by atoms with van der Waals surface area (Å²) < 4.78 is 0. The Morgan fingerprint density at radius 3 is 2.38 bits per heavy atom. The molecular weight excluding hydrogens is 294 g/mol. The monoisotopic (exact) mass is 311 g/mol. The van der Waals surface area contributed by atoms with Gasteiger partial charge in [0.05, 0.1) is 4.92 Å². The highest BCUT2D eigenvalue weighted by atomic mass is 35.5. The Morgan fingerprint density at radius 2 is 1.90 bits per heavy atom. The summed E-state index contributed by atoms with van der Waals surface area (Å²) in [5.41, 5.74) is 0.210. The van der Waals surface area contributed by atoms with Gasteiger partial charge in [0, 0.05) is 43.9 Å². The Kier molecular flexibility index (Phi) is 4.80. The number of hydrogen-bond acceptors (Lipinski definition) is 4. The number of hydrogen-bond donors (Lipinski definition) is 0. The van der Waals surface area contributed by atoms with Crippen molar-refractivity contribution in [3.05, 3.63) is 38.9 Å². The second kappa shape index (κ2) is 6.41. The standard InChI is InChI=1S/C14H18ClN3O3/c1-10(2)16-5-7-17(8-6-16)14(19)11-3-4-13(18(20)21)12(15)9-11/h3-4,9-10H,5-8H2,1-2H3. The van der Waals surface area contributed by atoms with E-state index in [0.29, 0.717) is 24.7 Å². The van der Waals surface area contributed by atoms with Crippen molar-refractivity contribution in [2.45, 2.75) is 19.9 Å². The first-order valence-corrected chi connectivity index (χ1v) is 7.25. The van der Waals surface area contributed by atoms with Crippen molar-refractivity contribution in [1.29, 1.82) is 0 Å². The summed E-state index contributed by atoms with van der Waals surface area (Å²) in [4.78, 5) is 26.6. The zero-order valence-electron chi connectivity index (χ0n) is 12.1. The molecule has 0 saturated carbocycles. The number of rotatable bonds is 3. The van der Waals surface area contributed by atoms with Crippen LogP contribution in [0, 0.1) is 10.1 Å². The molecule has 0 spiro atoms. The Balaban J connectivity index is 2.08. The average Bonchev–Trinajstić information content (AvgIpc) is 2.46. The molecule has 1 aromatic carbocycles. The molecule has 114 valence electrons. The molecule has 0 aromatic heterocycles. The second-order valence-corrected chi connectivity index (χ2v) is 5.75. The van der Waals surface area contributed by atoms with Gasteiger partial charge >= 0.3 is 0 Å². The van der Waals surface area contributed by atoms with Crippen molar-refractivity contribution < 1.29 is 9.72 Å². The quantitative estimate of drug-likeness (QED) is 0.635. The molecule has 0 aliphatic carbocycles. The number of amides is 1. The minimum atomic E-state index is -0.558. The lowest BCUT2D eigenvalue weighted by Gasteiger charge is -2.36. The Morgan fingerprint density at radius 1 is 1.29 bits per heavy atom. The predicted molar refractivity (Wildman–Crippen MR) is 80.7 cm³/mol. The lowest BCUT2D eigenvalue weighted by Crippen LogP contribution is -2.50. The Labute approximate surface area is 128 Å². The first-order valence-electron chi connectivity index (χ1n) is 6.87. The van der Waals surface area contributed by atoms with Gasteiger partial charge in [-0.15, -0.1) is 0 Å². The van der Waals surface area contributed by atoms with Crippen LogP contribution in [-0.4, -0.2) is 52.9 Å². The lowest BCUT2D eigenvalue weighted by molar-refractivity contribution is -0.384. The number of piperazine rings is 1. The molecule has 0 atom stereocenters. The molecule has 1 aliphatic rings. The smallest absolute Gasteiger partial charge is 0.287 e. The van der Waals surface area contributed by atoms with E-state index in [1.807, 2.05) is 0 Å². The van der Waals surface area contributed by atoms with Gasteiger partial charge in [-0.2, -0.15) is 0 Å². The van der Waals surface area contributed by atoms with Gasteiger partial charge in [-0.25, -0.2) is 0 Å². The zero-order valence-corrected chi connectivity index (χ0v) is 12.8. The summed E-state index contributed by atoms with van der Waals surface area (Å²) >= 11 is 5.85. The third kappa shape index (κ3) is 3.51. The van der Waals surface area contributed by atoms with Crippen LogP contribution in [0.5, 0.6) is 0 Å². The molecule has 0 bridgehead atoms. The van der Waals surface area contributed by atoms with E-state index in [-0.39, 0.29) is 16.6 Å². The second-order valence-electron chi connectivity index (χ2n) is 5.35. The molecule has 1 fully saturated rings. The van der Waals surface area contributed by atoms with Crippen molar-refractivity contribution >= 4 is 23.2 Å². The molecule has 2 rings (SSSR count). The number of nitrogens with zero attached hydrogens (tertiary/aromatic N) is 3. The van der Waals surface area contributed by atoms with E-state index < -0.39 is 4.92 Å². The Bertz CT molecular complexity index is 554. The van der Waals surface area contributed by atoms with Crippen LogP contribution in [0.4, 0.5) is 5.69 Å². The fourth-order valence-corrected chi connectivity index (χ4v) is 2.66. The van der Waals surface area contributed by atoms with Crippen LogP contribution in [-0.2, 0) is 0 Å². The minimum Gasteiger partial charge on any atom is -0.336 e. The van der Waals surface area contributed by atoms with Gasteiger partial charge in [0.25, 0.3) is 11.6 Å². The van der Waals surface area contributed by atoms with Crippen LogP contribution in [0.15, 0.2) is 18.2 Å². The van der Waals surface area contributed by atoms with Gasteiger partial charge in [0.2, 0.25) is 0 Å². The minimum absolute atomic E-state index is 0.00772. The first-order chi connectivity index (χ1) is 9.90. The third-order valence-corrected chi connectivity index (χ3v) is 4.03. The van der Waals surface area contributed by atoms with Gasteiger partial charge in [0.1, 0.15) is 5.02 Å². The van der Waals surface area contributed by atoms with Gasteiger partial charge in [-0.05, 0) is 26.0 Å². The number of halogens is 1. The van der Waals surface area contributed by atoms with Gasteiger partial charge in [-0.3, -0.25) is 19.8 Å². The van der Waals surface area contributed by atoms with Gasteiger partial charge < -0.3 is 4.90 Å². The van der Waals surface area contributed by atoms with Gasteiger partial charge in [-0.1, -0.05) is 11.6 Å². The van der Waals surface area contributed by atoms with E-state index >= 15 is 0 Å². The molecular formula is C14H18ClN3O3. The average molecular weight is 312 g/mol. The van der Waals surface area contributed by atoms with Crippen LogP contribution in [0.1, 0.15) is 24.2 Å². The molecule has 0 radical (unpaired) electrons.